The van der Waals surface area contributed by atoms with Gasteiger partial charge in [0.05, 0.1) is 5.52 Å². The van der Waals surface area contributed by atoms with Crippen molar-refractivity contribution in [3.63, 3.8) is 0 Å². The Hall–Kier alpha value is -1.71. The molecule has 2 aromatic rings. The van der Waals surface area contributed by atoms with Gasteiger partial charge in [-0.05, 0) is 26.2 Å². The van der Waals surface area contributed by atoms with Gasteiger partial charge in [0.2, 0.25) is 0 Å². The molecule has 0 aliphatic heterocycles. The highest BCUT2D eigenvalue weighted by molar-refractivity contribution is 5.75. The fourth-order valence-electron chi connectivity index (χ4n) is 2.31. The molecule has 0 N–H and O–H groups in total. The molecule has 0 bridgehead atoms. The number of hydrogen-bond donors (Lipinski definition) is 0. The van der Waals surface area contributed by atoms with E-state index in [1.807, 2.05) is 10.8 Å². The molecule has 1 aliphatic rings. The van der Waals surface area contributed by atoms with Crippen molar-refractivity contribution in [2.75, 3.05) is 0 Å². The summed E-state index contributed by atoms with van der Waals surface area (Å²) in [4.78, 5) is 20.0. The Morgan fingerprint density at radius 1 is 1.44 bits per heavy atom. The number of aromatic nitrogens is 3. The summed E-state index contributed by atoms with van der Waals surface area (Å²) in [5, 5.41) is 0.926. The number of nitrogens with zero attached hydrogens (tertiary/aromatic N) is 3. The second kappa shape index (κ2) is 3.14. The van der Waals surface area contributed by atoms with Crippen molar-refractivity contribution in [3.05, 3.63) is 35.1 Å². The number of fused-ring (bicyclic) bond motifs is 1. The van der Waals surface area contributed by atoms with Crippen LogP contribution < -0.4 is 5.56 Å². The summed E-state index contributed by atoms with van der Waals surface area (Å²) in [6.07, 6.45) is 8.46. The quantitative estimate of drug-likeness (QED) is 0.727. The van der Waals surface area contributed by atoms with Crippen LogP contribution in [-0.2, 0) is 5.54 Å². The van der Waals surface area contributed by atoms with Crippen LogP contribution in [-0.4, -0.2) is 14.5 Å². The summed E-state index contributed by atoms with van der Waals surface area (Å²) in [6, 6.07) is 1.60. The van der Waals surface area contributed by atoms with Gasteiger partial charge in [-0.25, -0.2) is 9.97 Å². The first-order valence-corrected chi connectivity index (χ1v) is 5.52. The molecule has 0 spiro atoms. The molecule has 0 amide bonds. The van der Waals surface area contributed by atoms with Crippen LogP contribution in [0.3, 0.4) is 0 Å². The van der Waals surface area contributed by atoms with Crippen molar-refractivity contribution in [1.82, 2.24) is 14.5 Å². The van der Waals surface area contributed by atoms with Gasteiger partial charge in [-0.15, -0.1) is 0 Å². The minimum Gasteiger partial charge on any atom is -0.309 e. The van der Waals surface area contributed by atoms with E-state index >= 15 is 0 Å². The normalized spacial score (nSPS) is 18.3. The van der Waals surface area contributed by atoms with Gasteiger partial charge < -0.3 is 4.57 Å². The molecule has 4 nitrogen and oxygen atoms in total. The molecule has 2 heterocycles. The van der Waals surface area contributed by atoms with E-state index in [-0.39, 0.29) is 11.1 Å². The van der Waals surface area contributed by atoms with Crippen molar-refractivity contribution in [2.24, 2.45) is 0 Å². The third kappa shape index (κ3) is 1.26. The highest BCUT2D eigenvalue weighted by Crippen LogP contribution is 2.37. The first kappa shape index (κ1) is 9.51. The summed E-state index contributed by atoms with van der Waals surface area (Å²) in [7, 11) is 0. The average Bonchev–Trinajstić information content (AvgIpc) is 2.25. The van der Waals surface area contributed by atoms with E-state index in [1.165, 1.54) is 12.7 Å². The summed E-state index contributed by atoms with van der Waals surface area (Å²) in [5.41, 5.74) is 0.758. The van der Waals surface area contributed by atoms with Crippen molar-refractivity contribution in [3.8, 4) is 0 Å². The van der Waals surface area contributed by atoms with Crippen molar-refractivity contribution < 1.29 is 0 Å². The topological polar surface area (TPSA) is 47.8 Å². The maximum Gasteiger partial charge on any atom is 0.253 e. The molecular formula is C12H13N3O. The Labute approximate surface area is 93.0 Å². The lowest BCUT2D eigenvalue weighted by molar-refractivity contribution is 0.163. The van der Waals surface area contributed by atoms with Crippen LogP contribution in [0.5, 0.6) is 0 Å². The summed E-state index contributed by atoms with van der Waals surface area (Å²) < 4.78 is 1.84. The summed E-state index contributed by atoms with van der Waals surface area (Å²) in [5.74, 6) is 0. The van der Waals surface area contributed by atoms with E-state index < -0.39 is 0 Å². The summed E-state index contributed by atoms with van der Waals surface area (Å²) >= 11 is 0. The molecule has 3 rings (SSSR count). The fraction of sp³-hybridized carbons (Fsp3) is 0.417. The van der Waals surface area contributed by atoms with Crippen molar-refractivity contribution >= 4 is 10.9 Å². The van der Waals surface area contributed by atoms with Gasteiger partial charge in [0, 0.05) is 29.4 Å². The first-order chi connectivity index (χ1) is 7.69. The smallest absolute Gasteiger partial charge is 0.253 e. The molecule has 0 unspecified atom stereocenters. The lowest BCUT2D eigenvalue weighted by Gasteiger charge is -2.40. The van der Waals surface area contributed by atoms with E-state index in [4.69, 9.17) is 0 Å². The van der Waals surface area contributed by atoms with Crippen LogP contribution in [0.4, 0.5) is 0 Å². The minimum absolute atomic E-state index is 0.00111. The van der Waals surface area contributed by atoms with Gasteiger partial charge in [-0.2, -0.15) is 0 Å². The Kier molecular flexibility index (Phi) is 1.87. The van der Waals surface area contributed by atoms with Crippen LogP contribution >= 0.6 is 0 Å². The number of hydrogen-bond acceptors (Lipinski definition) is 3. The van der Waals surface area contributed by atoms with E-state index in [2.05, 4.69) is 16.9 Å². The largest absolute Gasteiger partial charge is 0.309 e. The van der Waals surface area contributed by atoms with Gasteiger partial charge in [-0.1, -0.05) is 0 Å². The van der Waals surface area contributed by atoms with Crippen LogP contribution in [0.15, 0.2) is 29.6 Å². The number of rotatable bonds is 1. The SMILES string of the molecule is CC1(n2cc3cncnc3cc2=O)CCC1. The van der Waals surface area contributed by atoms with Gasteiger partial charge in [-0.3, -0.25) is 4.79 Å². The Morgan fingerprint density at radius 3 is 2.94 bits per heavy atom. The lowest BCUT2D eigenvalue weighted by Crippen LogP contribution is -2.43. The Balaban J connectivity index is 2.26. The van der Waals surface area contributed by atoms with E-state index in [0.717, 1.165) is 23.7 Å². The Bertz CT molecular complexity index is 598. The summed E-state index contributed by atoms with van der Waals surface area (Å²) in [6.45, 7) is 2.13. The molecular weight excluding hydrogens is 202 g/mol. The molecule has 82 valence electrons. The Morgan fingerprint density at radius 2 is 2.25 bits per heavy atom. The average molecular weight is 215 g/mol. The zero-order valence-corrected chi connectivity index (χ0v) is 9.18. The highest BCUT2D eigenvalue weighted by atomic mass is 16.1. The molecule has 0 aromatic carbocycles. The van der Waals surface area contributed by atoms with Crippen LogP contribution in [0.2, 0.25) is 0 Å². The van der Waals surface area contributed by atoms with Gasteiger partial charge in [0.1, 0.15) is 6.33 Å². The standard InChI is InChI=1S/C12H13N3O/c1-12(3-2-4-12)15-7-9-6-13-8-14-10(9)5-11(15)16/h5-8H,2-4H2,1H3. The molecule has 4 heteroatoms. The predicted molar refractivity (Wildman–Crippen MR) is 61.3 cm³/mol. The van der Waals surface area contributed by atoms with Crippen LogP contribution in [0, 0.1) is 0 Å². The van der Waals surface area contributed by atoms with Crippen LogP contribution in [0.1, 0.15) is 26.2 Å². The highest BCUT2D eigenvalue weighted by Gasteiger charge is 2.34. The molecule has 1 fully saturated rings. The van der Waals surface area contributed by atoms with Crippen molar-refractivity contribution in [1.29, 1.82) is 0 Å². The van der Waals surface area contributed by atoms with Gasteiger partial charge in [0.25, 0.3) is 5.56 Å². The number of pyridine rings is 1. The van der Waals surface area contributed by atoms with E-state index in [9.17, 15) is 4.79 Å². The zero-order valence-electron chi connectivity index (χ0n) is 9.18. The predicted octanol–water partition coefficient (Wildman–Crippen LogP) is 1.69. The van der Waals surface area contributed by atoms with Crippen molar-refractivity contribution in [2.45, 2.75) is 31.7 Å². The molecule has 1 saturated carbocycles. The first-order valence-electron chi connectivity index (χ1n) is 5.52. The molecule has 0 radical (unpaired) electrons. The molecule has 16 heavy (non-hydrogen) atoms. The van der Waals surface area contributed by atoms with Crippen LogP contribution in [0.25, 0.3) is 10.9 Å². The fourth-order valence-corrected chi connectivity index (χ4v) is 2.31. The van der Waals surface area contributed by atoms with E-state index in [1.54, 1.807) is 12.3 Å². The second-order valence-electron chi connectivity index (χ2n) is 4.70. The lowest BCUT2D eigenvalue weighted by atomic mass is 9.78. The molecule has 2 aromatic heterocycles. The maximum absolute atomic E-state index is 12.0. The maximum atomic E-state index is 12.0. The third-order valence-corrected chi connectivity index (χ3v) is 3.55. The molecule has 1 aliphatic carbocycles. The van der Waals surface area contributed by atoms with Gasteiger partial charge in [0.15, 0.2) is 0 Å². The molecule has 0 atom stereocenters. The third-order valence-electron chi connectivity index (χ3n) is 3.55. The minimum atomic E-state index is 0.00111. The zero-order chi connectivity index (χ0) is 11.2. The monoisotopic (exact) mass is 215 g/mol. The van der Waals surface area contributed by atoms with E-state index in [0.29, 0.717) is 0 Å². The van der Waals surface area contributed by atoms with Gasteiger partial charge >= 0.3 is 0 Å². The molecule has 0 saturated heterocycles. The second-order valence-corrected chi connectivity index (χ2v) is 4.70.